The lowest BCUT2D eigenvalue weighted by Gasteiger charge is -2.19. The zero-order valence-corrected chi connectivity index (χ0v) is 11.0. The van der Waals surface area contributed by atoms with E-state index in [1.807, 2.05) is 0 Å². The summed E-state index contributed by atoms with van der Waals surface area (Å²) in [6.07, 6.45) is -2.26. The summed E-state index contributed by atoms with van der Waals surface area (Å²) in [5.41, 5.74) is 0.368. The highest BCUT2D eigenvalue weighted by atomic mass is 32.2. The largest absolute Gasteiger partial charge is 0.508 e. The molecule has 1 aromatic rings. The normalized spacial score (nSPS) is 14.0. The van der Waals surface area contributed by atoms with Crippen molar-refractivity contribution in [3.8, 4) is 11.5 Å². The fourth-order valence-electron chi connectivity index (χ4n) is 1.45. The fourth-order valence-corrected chi connectivity index (χ4v) is 2.03. The maximum absolute atomic E-state index is 10.8. The predicted molar refractivity (Wildman–Crippen MR) is 68.8 cm³/mol. The van der Waals surface area contributed by atoms with E-state index in [1.165, 1.54) is 32.2 Å². The summed E-state index contributed by atoms with van der Waals surface area (Å²) in [5, 5.41) is 28.9. The molecule has 2 unspecified atom stereocenters. The molecule has 0 aliphatic carbocycles. The van der Waals surface area contributed by atoms with E-state index < -0.39 is 12.2 Å². The van der Waals surface area contributed by atoms with E-state index in [0.717, 1.165) is 11.8 Å². The summed E-state index contributed by atoms with van der Waals surface area (Å²) >= 11 is 0.940. The molecule has 0 saturated carbocycles. The molecular weight excluding hydrogens is 256 g/mol. The Morgan fingerprint density at radius 3 is 2.67 bits per heavy atom. The van der Waals surface area contributed by atoms with Gasteiger partial charge < -0.3 is 20.1 Å². The Kier molecular flexibility index (Phi) is 5.46. The molecule has 0 spiro atoms. The summed E-state index contributed by atoms with van der Waals surface area (Å²) in [7, 11) is 1.40. The molecule has 0 amide bonds. The average Bonchev–Trinajstić information content (AvgIpc) is 2.34. The maximum atomic E-state index is 10.8. The number of ether oxygens (including phenoxy) is 1. The monoisotopic (exact) mass is 272 g/mol. The highest BCUT2D eigenvalue weighted by Crippen LogP contribution is 2.31. The molecule has 1 rings (SSSR count). The molecule has 0 aromatic heterocycles. The zero-order chi connectivity index (χ0) is 13.7. The summed E-state index contributed by atoms with van der Waals surface area (Å²) in [6, 6.07) is 4.22. The number of phenols is 1. The summed E-state index contributed by atoms with van der Waals surface area (Å²) < 4.78 is 5.02. The lowest BCUT2D eigenvalue weighted by molar-refractivity contribution is -0.109. The van der Waals surface area contributed by atoms with Gasteiger partial charge in [0.15, 0.2) is 5.12 Å². The molecule has 0 aliphatic rings. The Bertz CT molecular complexity index is 421. The van der Waals surface area contributed by atoms with Gasteiger partial charge in [0.2, 0.25) is 0 Å². The molecule has 0 aliphatic heterocycles. The van der Waals surface area contributed by atoms with E-state index in [1.54, 1.807) is 0 Å². The van der Waals surface area contributed by atoms with Gasteiger partial charge >= 0.3 is 0 Å². The molecule has 0 saturated heterocycles. The van der Waals surface area contributed by atoms with Crippen LogP contribution in [-0.2, 0) is 4.79 Å². The number of aliphatic hydroxyl groups is 2. The van der Waals surface area contributed by atoms with E-state index >= 15 is 0 Å². The molecule has 0 radical (unpaired) electrons. The van der Waals surface area contributed by atoms with Gasteiger partial charge in [-0.25, -0.2) is 0 Å². The van der Waals surface area contributed by atoms with Crippen molar-refractivity contribution in [2.75, 3.05) is 12.9 Å². The Morgan fingerprint density at radius 1 is 1.44 bits per heavy atom. The molecule has 3 N–H and O–H groups in total. The van der Waals surface area contributed by atoms with Gasteiger partial charge in [0.1, 0.15) is 17.6 Å². The van der Waals surface area contributed by atoms with E-state index in [0.29, 0.717) is 5.56 Å². The molecule has 0 fully saturated rings. The topological polar surface area (TPSA) is 87.0 Å². The lowest BCUT2D eigenvalue weighted by atomic mass is 10.0. The number of benzene rings is 1. The molecule has 0 heterocycles. The predicted octanol–water partition coefficient (Wildman–Crippen LogP) is 1.07. The number of methoxy groups -OCH3 is 1. The van der Waals surface area contributed by atoms with Gasteiger partial charge in [-0.1, -0.05) is 11.8 Å². The van der Waals surface area contributed by atoms with Crippen LogP contribution in [0.4, 0.5) is 0 Å². The number of aromatic hydroxyl groups is 1. The Morgan fingerprint density at radius 2 is 2.11 bits per heavy atom. The van der Waals surface area contributed by atoms with Crippen LogP contribution in [0.5, 0.6) is 11.5 Å². The van der Waals surface area contributed by atoms with Crippen molar-refractivity contribution in [3.05, 3.63) is 23.8 Å². The summed E-state index contributed by atoms with van der Waals surface area (Å²) in [6.45, 7) is 1.39. The highest BCUT2D eigenvalue weighted by Gasteiger charge is 2.22. The number of carbonyl (C=O) groups excluding carboxylic acids is 1. The van der Waals surface area contributed by atoms with Crippen molar-refractivity contribution in [3.63, 3.8) is 0 Å². The number of hydrogen-bond acceptors (Lipinski definition) is 6. The number of carbonyl (C=O) groups is 1. The quantitative estimate of drug-likeness (QED) is 0.743. The minimum Gasteiger partial charge on any atom is -0.508 e. The van der Waals surface area contributed by atoms with Gasteiger partial charge in [-0.05, 0) is 12.1 Å². The third-order valence-electron chi connectivity index (χ3n) is 2.36. The van der Waals surface area contributed by atoms with Crippen molar-refractivity contribution in [1.82, 2.24) is 0 Å². The van der Waals surface area contributed by atoms with Crippen LogP contribution in [0.15, 0.2) is 18.2 Å². The van der Waals surface area contributed by atoms with Crippen molar-refractivity contribution in [1.29, 1.82) is 0 Å². The second kappa shape index (κ2) is 6.63. The molecule has 5 nitrogen and oxygen atoms in total. The van der Waals surface area contributed by atoms with E-state index in [-0.39, 0.29) is 22.4 Å². The summed E-state index contributed by atoms with van der Waals surface area (Å²) in [5.74, 6) is 0.394. The van der Waals surface area contributed by atoms with Crippen LogP contribution in [0.3, 0.4) is 0 Å². The maximum Gasteiger partial charge on any atom is 0.185 e. The minimum atomic E-state index is -1.17. The van der Waals surface area contributed by atoms with Gasteiger partial charge in [-0.15, -0.1) is 0 Å². The van der Waals surface area contributed by atoms with E-state index in [4.69, 9.17) is 4.74 Å². The van der Waals surface area contributed by atoms with Crippen LogP contribution in [0.2, 0.25) is 0 Å². The first-order valence-corrected chi connectivity index (χ1v) is 6.30. The van der Waals surface area contributed by atoms with Crippen LogP contribution in [0, 0.1) is 0 Å². The van der Waals surface area contributed by atoms with E-state index in [9.17, 15) is 20.1 Å². The van der Waals surface area contributed by atoms with Crippen LogP contribution in [0.25, 0.3) is 0 Å². The summed E-state index contributed by atoms with van der Waals surface area (Å²) in [4.78, 5) is 10.8. The second-order valence-corrected chi connectivity index (χ2v) is 4.94. The van der Waals surface area contributed by atoms with Gasteiger partial charge in [-0.2, -0.15) is 0 Å². The van der Waals surface area contributed by atoms with Crippen molar-refractivity contribution in [2.24, 2.45) is 0 Å². The zero-order valence-electron chi connectivity index (χ0n) is 10.2. The van der Waals surface area contributed by atoms with Crippen LogP contribution < -0.4 is 4.74 Å². The lowest BCUT2D eigenvalue weighted by Crippen LogP contribution is -2.21. The smallest absolute Gasteiger partial charge is 0.185 e. The van der Waals surface area contributed by atoms with Crippen molar-refractivity contribution in [2.45, 2.75) is 19.1 Å². The number of hydrogen-bond donors (Lipinski definition) is 3. The number of thioether (sulfide) groups is 1. The first kappa shape index (κ1) is 14.8. The molecule has 2 atom stereocenters. The Labute approximate surface area is 109 Å². The molecule has 6 heteroatoms. The third-order valence-corrected chi connectivity index (χ3v) is 3.27. The highest BCUT2D eigenvalue weighted by molar-refractivity contribution is 8.13. The van der Waals surface area contributed by atoms with E-state index in [2.05, 4.69) is 0 Å². The Hall–Kier alpha value is -1.24. The average molecular weight is 272 g/mol. The van der Waals surface area contributed by atoms with Crippen molar-refractivity contribution >= 4 is 16.9 Å². The van der Waals surface area contributed by atoms with Crippen LogP contribution in [0.1, 0.15) is 18.6 Å². The van der Waals surface area contributed by atoms with Gasteiger partial charge in [-0.3, -0.25) is 4.79 Å². The van der Waals surface area contributed by atoms with Gasteiger partial charge in [0.05, 0.1) is 13.2 Å². The fraction of sp³-hybridized carbons (Fsp3) is 0.417. The van der Waals surface area contributed by atoms with Crippen LogP contribution >= 0.6 is 11.8 Å². The number of aliphatic hydroxyl groups excluding tert-OH is 2. The van der Waals surface area contributed by atoms with Crippen molar-refractivity contribution < 1.29 is 24.9 Å². The minimum absolute atomic E-state index is 0.00963. The van der Waals surface area contributed by atoms with Gasteiger partial charge in [0.25, 0.3) is 0 Å². The second-order valence-electron chi connectivity index (χ2n) is 3.74. The number of phenolic OH excluding ortho intramolecular Hbond substituents is 1. The first-order chi connectivity index (χ1) is 8.45. The standard InChI is InChI=1S/C12H16O5S/c1-7(13)18-6-10(15)12(16)9-4-3-8(14)5-11(9)17-2/h3-5,10,12,14-16H,6H2,1-2H3. The first-order valence-electron chi connectivity index (χ1n) is 5.32. The molecule has 18 heavy (non-hydrogen) atoms. The van der Waals surface area contributed by atoms with Gasteiger partial charge in [0, 0.05) is 24.3 Å². The molecule has 0 bridgehead atoms. The molecule has 1 aromatic carbocycles. The SMILES string of the molecule is COc1cc(O)ccc1C(O)C(O)CSC(C)=O. The van der Waals surface area contributed by atoms with Crippen LogP contribution in [-0.4, -0.2) is 39.4 Å². The third kappa shape index (κ3) is 3.90. The Balaban J connectivity index is 2.82. The number of rotatable bonds is 5. The molecule has 100 valence electrons. The molecular formula is C12H16O5S.